The number of nitrogens with one attached hydrogen (secondary N) is 2. The van der Waals surface area contributed by atoms with E-state index in [0.29, 0.717) is 34.6 Å². The van der Waals surface area contributed by atoms with Crippen molar-refractivity contribution in [3.05, 3.63) is 58.1 Å². The Morgan fingerprint density at radius 3 is 2.31 bits per heavy atom. The van der Waals surface area contributed by atoms with E-state index in [1.165, 1.54) is 13.0 Å². The van der Waals surface area contributed by atoms with Gasteiger partial charge in [-0.3, -0.25) is 20.4 Å². The van der Waals surface area contributed by atoms with Crippen molar-refractivity contribution in [3.8, 4) is 11.5 Å². The molecule has 2 N–H and O–H groups in total. The molecular formula is C21H24Cl2N2O4. The maximum absolute atomic E-state index is 12.2. The van der Waals surface area contributed by atoms with Crippen molar-refractivity contribution in [1.82, 2.24) is 10.9 Å². The Morgan fingerprint density at radius 1 is 1.00 bits per heavy atom. The summed E-state index contributed by atoms with van der Waals surface area (Å²) >= 11 is 11.9. The van der Waals surface area contributed by atoms with E-state index in [4.69, 9.17) is 32.7 Å². The zero-order valence-corrected chi connectivity index (χ0v) is 18.0. The van der Waals surface area contributed by atoms with Gasteiger partial charge in [-0.1, -0.05) is 37.0 Å². The molecule has 156 valence electrons. The monoisotopic (exact) mass is 438 g/mol. The van der Waals surface area contributed by atoms with Gasteiger partial charge in [-0.2, -0.15) is 0 Å². The van der Waals surface area contributed by atoms with Gasteiger partial charge < -0.3 is 9.47 Å². The lowest BCUT2D eigenvalue weighted by Crippen LogP contribution is -2.47. The third-order valence-electron chi connectivity index (χ3n) is 3.95. The second-order valence-electron chi connectivity index (χ2n) is 6.83. The van der Waals surface area contributed by atoms with Crippen LogP contribution in [-0.4, -0.2) is 24.5 Å². The van der Waals surface area contributed by atoms with E-state index in [1.807, 2.05) is 0 Å². The number of benzene rings is 2. The van der Waals surface area contributed by atoms with Crippen molar-refractivity contribution in [1.29, 1.82) is 0 Å². The average molecular weight is 439 g/mol. The lowest BCUT2D eigenvalue weighted by molar-refractivity contribution is -0.128. The Hall–Kier alpha value is -2.44. The van der Waals surface area contributed by atoms with E-state index in [2.05, 4.69) is 24.7 Å². The fourth-order valence-electron chi connectivity index (χ4n) is 2.22. The van der Waals surface area contributed by atoms with Crippen LogP contribution < -0.4 is 20.3 Å². The van der Waals surface area contributed by atoms with Gasteiger partial charge in [0, 0.05) is 10.6 Å². The van der Waals surface area contributed by atoms with E-state index >= 15 is 0 Å². The van der Waals surface area contributed by atoms with E-state index in [-0.39, 0.29) is 5.02 Å². The minimum absolute atomic E-state index is 0.289. The van der Waals surface area contributed by atoms with E-state index in [0.717, 1.165) is 6.42 Å². The summed E-state index contributed by atoms with van der Waals surface area (Å²) in [7, 11) is 0. The highest BCUT2D eigenvalue weighted by atomic mass is 35.5. The van der Waals surface area contributed by atoms with Crippen LogP contribution in [0.5, 0.6) is 11.5 Å². The molecule has 29 heavy (non-hydrogen) atoms. The first-order valence-electron chi connectivity index (χ1n) is 9.21. The normalized spacial score (nSPS) is 11.7. The standard InChI is InChI=1S/C21H24Cl2N2O4/c1-13(2)10-11-28-17-7-4-15(5-8-17)21(27)25-24-20(26)14(3)29-19-9-6-16(22)12-18(19)23/h4-9,12-14H,10-11H2,1-3H3,(H,24,26)(H,25,27). The van der Waals surface area contributed by atoms with Crippen molar-refractivity contribution in [2.75, 3.05) is 6.61 Å². The molecule has 8 heteroatoms. The van der Waals surface area contributed by atoms with Crippen LogP contribution >= 0.6 is 23.2 Å². The predicted octanol–water partition coefficient (Wildman–Crippen LogP) is 4.65. The lowest BCUT2D eigenvalue weighted by Gasteiger charge is -2.16. The number of carbonyl (C=O) groups is 2. The highest BCUT2D eigenvalue weighted by molar-refractivity contribution is 6.35. The molecule has 0 spiro atoms. The van der Waals surface area contributed by atoms with E-state index < -0.39 is 17.9 Å². The molecule has 2 amide bonds. The number of amides is 2. The van der Waals surface area contributed by atoms with E-state index in [1.54, 1.807) is 36.4 Å². The minimum Gasteiger partial charge on any atom is -0.494 e. The topological polar surface area (TPSA) is 76.7 Å². The van der Waals surface area contributed by atoms with Crippen LogP contribution in [0.1, 0.15) is 37.6 Å². The van der Waals surface area contributed by atoms with Crippen LogP contribution in [0, 0.1) is 5.92 Å². The van der Waals surface area contributed by atoms with Crippen LogP contribution in [0.2, 0.25) is 10.0 Å². The Bertz CT molecular complexity index is 841. The molecule has 2 rings (SSSR count). The fraction of sp³-hybridized carbons (Fsp3) is 0.333. The number of carbonyl (C=O) groups excluding carboxylic acids is 2. The molecule has 0 fully saturated rings. The first-order chi connectivity index (χ1) is 13.8. The molecule has 2 aromatic rings. The number of hydrazine groups is 1. The molecule has 6 nitrogen and oxygen atoms in total. The summed E-state index contributed by atoms with van der Waals surface area (Å²) in [5, 5.41) is 0.750. The summed E-state index contributed by atoms with van der Waals surface area (Å²) in [5.41, 5.74) is 5.07. The summed E-state index contributed by atoms with van der Waals surface area (Å²) in [6, 6.07) is 11.4. The molecule has 0 aliphatic heterocycles. The van der Waals surface area contributed by atoms with Gasteiger partial charge in [-0.25, -0.2) is 0 Å². The number of rotatable bonds is 8. The Kier molecular flexibility index (Phi) is 8.61. The maximum Gasteiger partial charge on any atom is 0.279 e. The molecule has 0 aromatic heterocycles. The number of hydrogen-bond acceptors (Lipinski definition) is 4. The molecular weight excluding hydrogens is 415 g/mol. The summed E-state index contributed by atoms with van der Waals surface area (Å²) < 4.78 is 11.1. The Labute approximate surface area is 180 Å². The number of halogens is 2. The van der Waals surface area contributed by atoms with E-state index in [9.17, 15) is 9.59 Å². The number of hydrogen-bond donors (Lipinski definition) is 2. The van der Waals surface area contributed by atoms with Gasteiger partial charge in [0.2, 0.25) is 0 Å². The summed E-state index contributed by atoms with van der Waals surface area (Å²) in [6.45, 7) is 6.41. The zero-order valence-electron chi connectivity index (χ0n) is 16.5. The van der Waals surface area contributed by atoms with Gasteiger partial charge in [-0.15, -0.1) is 0 Å². The molecule has 2 aromatic carbocycles. The molecule has 0 bridgehead atoms. The van der Waals surface area contributed by atoms with Crippen LogP contribution in [0.3, 0.4) is 0 Å². The highest BCUT2D eigenvalue weighted by Gasteiger charge is 2.17. The molecule has 0 saturated carbocycles. The Morgan fingerprint density at radius 2 is 1.69 bits per heavy atom. The Balaban J connectivity index is 1.82. The van der Waals surface area contributed by atoms with Crippen LogP contribution in [-0.2, 0) is 4.79 Å². The molecule has 1 unspecified atom stereocenters. The van der Waals surface area contributed by atoms with Crippen LogP contribution in [0.15, 0.2) is 42.5 Å². The van der Waals surface area contributed by atoms with Gasteiger partial charge in [0.1, 0.15) is 11.5 Å². The third kappa shape index (κ3) is 7.48. The smallest absolute Gasteiger partial charge is 0.279 e. The average Bonchev–Trinajstić information content (AvgIpc) is 2.68. The van der Waals surface area contributed by atoms with Gasteiger partial charge in [0.25, 0.3) is 11.8 Å². The molecule has 0 radical (unpaired) electrons. The predicted molar refractivity (Wildman–Crippen MR) is 114 cm³/mol. The van der Waals surface area contributed by atoms with Crippen LogP contribution in [0.4, 0.5) is 0 Å². The number of ether oxygens (including phenoxy) is 2. The minimum atomic E-state index is -0.884. The largest absolute Gasteiger partial charge is 0.494 e. The first kappa shape index (κ1) is 22.8. The summed E-state index contributed by atoms with van der Waals surface area (Å²) in [4.78, 5) is 24.3. The molecule has 0 aliphatic rings. The molecule has 1 atom stereocenters. The third-order valence-corrected chi connectivity index (χ3v) is 4.48. The van der Waals surface area contributed by atoms with Crippen molar-refractivity contribution in [2.45, 2.75) is 33.3 Å². The fourth-order valence-corrected chi connectivity index (χ4v) is 2.67. The van der Waals surface area contributed by atoms with Crippen molar-refractivity contribution >= 4 is 35.0 Å². The van der Waals surface area contributed by atoms with Gasteiger partial charge in [-0.05, 0) is 61.7 Å². The van der Waals surface area contributed by atoms with Gasteiger partial charge in [0.15, 0.2) is 6.10 Å². The first-order valence-corrected chi connectivity index (χ1v) is 9.96. The SMILES string of the molecule is CC(C)CCOc1ccc(C(=O)NNC(=O)C(C)Oc2ccc(Cl)cc2Cl)cc1. The quantitative estimate of drug-likeness (QED) is 0.588. The summed E-state index contributed by atoms with van der Waals surface area (Å²) in [5.74, 6) is 0.582. The second-order valence-corrected chi connectivity index (χ2v) is 7.68. The van der Waals surface area contributed by atoms with Crippen molar-refractivity contribution in [2.24, 2.45) is 5.92 Å². The maximum atomic E-state index is 12.2. The zero-order chi connectivity index (χ0) is 21.4. The van der Waals surface area contributed by atoms with Gasteiger partial charge >= 0.3 is 0 Å². The molecule has 0 heterocycles. The van der Waals surface area contributed by atoms with Crippen molar-refractivity contribution < 1.29 is 19.1 Å². The lowest BCUT2D eigenvalue weighted by atomic mass is 10.1. The molecule has 0 saturated heterocycles. The highest BCUT2D eigenvalue weighted by Crippen LogP contribution is 2.28. The second kappa shape index (κ2) is 10.9. The molecule has 0 aliphatic carbocycles. The van der Waals surface area contributed by atoms with Crippen LogP contribution in [0.25, 0.3) is 0 Å². The summed E-state index contributed by atoms with van der Waals surface area (Å²) in [6.07, 6.45) is 0.0705. The van der Waals surface area contributed by atoms with Gasteiger partial charge in [0.05, 0.1) is 11.6 Å². The van der Waals surface area contributed by atoms with Crippen molar-refractivity contribution in [3.63, 3.8) is 0 Å².